The molecule has 1 heterocycles. The lowest BCUT2D eigenvalue weighted by Crippen LogP contribution is -2.14. The molecule has 0 spiro atoms. The van der Waals surface area contributed by atoms with Crippen LogP contribution in [0.2, 0.25) is 0 Å². The highest BCUT2D eigenvalue weighted by Gasteiger charge is 1.91. The van der Waals surface area contributed by atoms with Crippen LogP contribution < -0.4 is 5.59 Å². The van der Waals surface area contributed by atoms with Gasteiger partial charge in [0.15, 0.2) is 7.85 Å². The molecule has 0 aliphatic rings. The topological polar surface area (TPSA) is 25.8 Å². The largest absolute Gasteiger partial charge is 0.249 e. The predicted octanol–water partition coefficient (Wildman–Crippen LogP) is -0.648. The number of hydrogen-bond donors (Lipinski definition) is 0. The second-order valence-electron chi connectivity index (χ2n) is 2.09. The van der Waals surface area contributed by atoms with Crippen LogP contribution in [-0.4, -0.2) is 17.8 Å². The van der Waals surface area contributed by atoms with Gasteiger partial charge < -0.3 is 0 Å². The Kier molecular flexibility index (Phi) is 1.20. The van der Waals surface area contributed by atoms with Crippen LogP contribution in [0.4, 0.5) is 0 Å². The first-order valence-electron chi connectivity index (χ1n) is 3.39. The van der Waals surface area contributed by atoms with E-state index in [4.69, 9.17) is 1.37 Å². The van der Waals surface area contributed by atoms with E-state index in [0.717, 1.165) is 11.2 Å². The van der Waals surface area contributed by atoms with E-state index in [9.17, 15) is 0 Å². The summed E-state index contributed by atoms with van der Waals surface area (Å²) in [5.74, 6) is 0.674. The van der Waals surface area contributed by atoms with Crippen LogP contribution in [0, 0.1) is 13.8 Å². The molecule has 0 atom stereocenters. The fraction of sp³-hybridized carbons (Fsp3) is 0.333. The van der Waals surface area contributed by atoms with Crippen LogP contribution >= 0.6 is 0 Å². The highest BCUT2D eigenvalue weighted by Crippen LogP contribution is 1.86. The van der Waals surface area contributed by atoms with E-state index in [1.54, 1.807) is 6.92 Å². The molecule has 0 aromatic carbocycles. The maximum Gasteiger partial charge on any atom is 0.164 e. The van der Waals surface area contributed by atoms with Gasteiger partial charge in [0.1, 0.15) is 5.82 Å². The van der Waals surface area contributed by atoms with Gasteiger partial charge in [-0.15, -0.1) is 0 Å². The molecule has 46 valence electrons. The van der Waals surface area contributed by atoms with E-state index in [0.29, 0.717) is 12.0 Å². The normalized spacial score (nSPS) is 11.1. The SMILES string of the molecule is [2H]c1nc(C)nc(B)c1C. The zero-order valence-electron chi connectivity index (χ0n) is 6.89. The van der Waals surface area contributed by atoms with Gasteiger partial charge in [-0.25, -0.2) is 9.97 Å². The van der Waals surface area contributed by atoms with Crippen molar-refractivity contribution in [2.75, 3.05) is 0 Å². The lowest BCUT2D eigenvalue weighted by atomic mass is 10.00. The lowest BCUT2D eigenvalue weighted by Gasteiger charge is -1.96. The Morgan fingerprint density at radius 1 is 1.67 bits per heavy atom. The molecule has 0 aliphatic carbocycles. The van der Waals surface area contributed by atoms with Gasteiger partial charge in [0, 0.05) is 11.8 Å². The van der Waals surface area contributed by atoms with Crippen LogP contribution in [0.5, 0.6) is 0 Å². The third-order valence-corrected chi connectivity index (χ3v) is 1.26. The summed E-state index contributed by atoms with van der Waals surface area (Å²) >= 11 is 0. The summed E-state index contributed by atoms with van der Waals surface area (Å²) in [5, 5.41) is 0. The maximum absolute atomic E-state index is 7.35. The van der Waals surface area contributed by atoms with Crippen molar-refractivity contribution in [2.45, 2.75) is 13.8 Å². The average molecular weight is 121 g/mol. The third-order valence-electron chi connectivity index (χ3n) is 1.26. The zero-order chi connectivity index (χ0) is 7.72. The summed E-state index contributed by atoms with van der Waals surface area (Å²) in [5.41, 5.74) is 1.77. The van der Waals surface area contributed by atoms with Crippen molar-refractivity contribution >= 4 is 13.4 Å². The molecule has 1 aromatic heterocycles. The summed E-state index contributed by atoms with van der Waals surface area (Å²) in [6.07, 6.45) is 0.338. The molecular formula is C6H9BN2. The Balaban J connectivity index is 3.31. The van der Waals surface area contributed by atoms with Gasteiger partial charge >= 0.3 is 0 Å². The monoisotopic (exact) mass is 121 g/mol. The minimum Gasteiger partial charge on any atom is -0.249 e. The Bertz CT molecular complexity index is 239. The summed E-state index contributed by atoms with van der Waals surface area (Å²) in [7, 11) is 1.89. The molecule has 2 nitrogen and oxygen atoms in total. The maximum atomic E-state index is 7.35. The second-order valence-corrected chi connectivity index (χ2v) is 2.09. The van der Waals surface area contributed by atoms with Crippen LogP contribution in [0.1, 0.15) is 12.8 Å². The second kappa shape index (κ2) is 2.17. The Hall–Kier alpha value is -0.855. The van der Waals surface area contributed by atoms with Crippen LogP contribution in [0.25, 0.3) is 0 Å². The van der Waals surface area contributed by atoms with E-state index in [2.05, 4.69) is 9.97 Å². The number of aryl methyl sites for hydroxylation is 1. The summed E-state index contributed by atoms with van der Waals surface area (Å²) in [6, 6.07) is 0. The Morgan fingerprint density at radius 3 is 2.89 bits per heavy atom. The first kappa shape index (κ1) is 4.97. The number of rotatable bonds is 0. The van der Waals surface area contributed by atoms with E-state index in [-0.39, 0.29) is 0 Å². The fourth-order valence-corrected chi connectivity index (χ4v) is 0.597. The van der Waals surface area contributed by atoms with Gasteiger partial charge in [-0.1, -0.05) is 0 Å². The van der Waals surface area contributed by atoms with Crippen molar-refractivity contribution in [2.24, 2.45) is 0 Å². The number of nitrogens with zero attached hydrogens (tertiary/aromatic N) is 2. The smallest absolute Gasteiger partial charge is 0.164 e. The van der Waals surface area contributed by atoms with Crippen molar-refractivity contribution in [3.8, 4) is 0 Å². The van der Waals surface area contributed by atoms with Crippen molar-refractivity contribution in [1.82, 2.24) is 9.97 Å². The summed E-state index contributed by atoms with van der Waals surface area (Å²) < 4.78 is 7.35. The molecular weight excluding hydrogens is 111 g/mol. The predicted molar refractivity (Wildman–Crippen MR) is 39.7 cm³/mol. The van der Waals surface area contributed by atoms with Gasteiger partial charge in [-0.05, 0) is 19.4 Å². The molecule has 0 radical (unpaired) electrons. The fourth-order valence-electron chi connectivity index (χ4n) is 0.597. The van der Waals surface area contributed by atoms with Gasteiger partial charge in [-0.3, -0.25) is 0 Å². The molecule has 1 aromatic rings. The van der Waals surface area contributed by atoms with Crippen LogP contribution in [0.15, 0.2) is 6.17 Å². The van der Waals surface area contributed by atoms with E-state index < -0.39 is 0 Å². The Morgan fingerprint density at radius 2 is 2.33 bits per heavy atom. The van der Waals surface area contributed by atoms with Gasteiger partial charge in [0.25, 0.3) is 0 Å². The summed E-state index contributed by atoms with van der Waals surface area (Å²) in [4.78, 5) is 7.99. The van der Waals surface area contributed by atoms with Gasteiger partial charge in [0.2, 0.25) is 0 Å². The van der Waals surface area contributed by atoms with Gasteiger partial charge in [0.05, 0.1) is 1.37 Å². The third kappa shape index (κ3) is 1.28. The molecule has 0 fully saturated rings. The highest BCUT2D eigenvalue weighted by molar-refractivity contribution is 6.31. The average Bonchev–Trinajstić information content (AvgIpc) is 1.82. The minimum absolute atomic E-state index is 0.338. The molecule has 0 unspecified atom stereocenters. The number of aromatic nitrogens is 2. The minimum atomic E-state index is 0.338. The van der Waals surface area contributed by atoms with Crippen LogP contribution in [0.3, 0.4) is 0 Å². The number of hydrogen-bond acceptors (Lipinski definition) is 2. The lowest BCUT2D eigenvalue weighted by molar-refractivity contribution is 1.06. The van der Waals surface area contributed by atoms with Crippen LogP contribution in [-0.2, 0) is 0 Å². The van der Waals surface area contributed by atoms with E-state index >= 15 is 0 Å². The van der Waals surface area contributed by atoms with E-state index in [1.165, 1.54) is 0 Å². The van der Waals surface area contributed by atoms with Crippen molar-refractivity contribution in [1.29, 1.82) is 0 Å². The molecule has 3 heteroatoms. The first-order chi connectivity index (χ1) is 4.61. The molecule has 0 saturated carbocycles. The molecule has 0 aliphatic heterocycles. The summed E-state index contributed by atoms with van der Waals surface area (Å²) in [6.45, 7) is 3.65. The van der Waals surface area contributed by atoms with E-state index in [1.807, 2.05) is 14.8 Å². The zero-order valence-corrected chi connectivity index (χ0v) is 5.89. The first-order valence-corrected chi connectivity index (χ1v) is 2.89. The molecule has 0 N–H and O–H groups in total. The standard InChI is InChI=1S/C6H9BN2/c1-4-3-8-5(2)9-6(4)7/h3H,7H2,1-2H3/i3D. The molecule has 9 heavy (non-hydrogen) atoms. The molecule has 0 bridgehead atoms. The van der Waals surface area contributed by atoms with Crippen molar-refractivity contribution in [3.63, 3.8) is 0 Å². The highest BCUT2D eigenvalue weighted by atomic mass is 14.9. The molecule has 0 saturated heterocycles. The van der Waals surface area contributed by atoms with Crippen molar-refractivity contribution < 1.29 is 1.37 Å². The molecule has 1 rings (SSSR count). The van der Waals surface area contributed by atoms with Crippen molar-refractivity contribution in [3.05, 3.63) is 17.6 Å². The molecule has 0 amide bonds. The Labute approximate surface area is 57.2 Å². The quantitative estimate of drug-likeness (QED) is 0.426. The van der Waals surface area contributed by atoms with Gasteiger partial charge in [-0.2, -0.15) is 0 Å².